The number of nitrogens with one attached hydrogen (secondary N) is 3. The molecule has 0 saturated carbocycles. The summed E-state index contributed by atoms with van der Waals surface area (Å²) in [5, 5.41) is 23.6. The number of anilines is 2. The SMILES string of the molecule is Cc1ccc(NC(=O)CSc2n[nH]c(N/N=C/c3ccccc3O)n2)c(Br)c1. The molecule has 0 bridgehead atoms. The number of benzene rings is 2. The molecule has 3 rings (SSSR count). The molecular weight excluding hydrogens is 444 g/mol. The van der Waals surface area contributed by atoms with Crippen LogP contribution in [-0.2, 0) is 4.79 Å². The molecule has 28 heavy (non-hydrogen) atoms. The van der Waals surface area contributed by atoms with E-state index in [2.05, 4.69) is 47.0 Å². The van der Waals surface area contributed by atoms with Gasteiger partial charge in [0, 0.05) is 10.0 Å². The molecule has 1 aromatic heterocycles. The van der Waals surface area contributed by atoms with Gasteiger partial charge in [-0.15, -0.1) is 5.10 Å². The summed E-state index contributed by atoms with van der Waals surface area (Å²) in [5.41, 5.74) is 5.08. The number of aromatic amines is 1. The zero-order valence-corrected chi connectivity index (χ0v) is 17.2. The highest BCUT2D eigenvalue weighted by Gasteiger charge is 2.09. The number of carbonyl (C=O) groups is 1. The third-order valence-electron chi connectivity index (χ3n) is 3.51. The van der Waals surface area contributed by atoms with Gasteiger partial charge in [0.2, 0.25) is 17.0 Å². The van der Waals surface area contributed by atoms with Crippen LogP contribution in [0.1, 0.15) is 11.1 Å². The highest BCUT2D eigenvalue weighted by molar-refractivity contribution is 9.10. The van der Waals surface area contributed by atoms with E-state index in [1.54, 1.807) is 24.3 Å². The summed E-state index contributed by atoms with van der Waals surface area (Å²) < 4.78 is 0.831. The quantitative estimate of drug-likeness (QED) is 0.242. The van der Waals surface area contributed by atoms with Gasteiger partial charge in [0.1, 0.15) is 5.75 Å². The number of para-hydroxylation sites is 1. The van der Waals surface area contributed by atoms with E-state index in [4.69, 9.17) is 0 Å². The Labute approximate surface area is 174 Å². The number of aromatic nitrogens is 3. The van der Waals surface area contributed by atoms with Crippen molar-refractivity contribution in [3.63, 3.8) is 0 Å². The Bertz CT molecular complexity index is 1010. The van der Waals surface area contributed by atoms with E-state index in [1.807, 2.05) is 25.1 Å². The van der Waals surface area contributed by atoms with Gasteiger partial charge in [0.25, 0.3) is 0 Å². The molecule has 1 heterocycles. The molecule has 8 nitrogen and oxygen atoms in total. The molecule has 4 N–H and O–H groups in total. The Morgan fingerprint density at radius 3 is 2.96 bits per heavy atom. The molecular formula is C18H17BrN6O2S. The van der Waals surface area contributed by atoms with E-state index < -0.39 is 0 Å². The topological polar surface area (TPSA) is 115 Å². The lowest BCUT2D eigenvalue weighted by Gasteiger charge is -2.07. The van der Waals surface area contributed by atoms with Crippen LogP contribution >= 0.6 is 27.7 Å². The van der Waals surface area contributed by atoms with Crippen LogP contribution in [0, 0.1) is 6.92 Å². The molecule has 10 heteroatoms. The molecule has 0 fully saturated rings. The molecule has 0 aliphatic heterocycles. The van der Waals surface area contributed by atoms with Crippen LogP contribution in [-0.4, -0.2) is 38.2 Å². The third-order valence-corrected chi connectivity index (χ3v) is 5.01. The highest BCUT2D eigenvalue weighted by atomic mass is 79.9. The van der Waals surface area contributed by atoms with Crippen LogP contribution in [0.5, 0.6) is 5.75 Å². The maximum atomic E-state index is 12.1. The van der Waals surface area contributed by atoms with Gasteiger partial charge in [-0.1, -0.05) is 30.0 Å². The van der Waals surface area contributed by atoms with E-state index in [0.29, 0.717) is 22.4 Å². The molecule has 0 atom stereocenters. The minimum Gasteiger partial charge on any atom is -0.507 e. The van der Waals surface area contributed by atoms with E-state index in [9.17, 15) is 9.90 Å². The number of hydrogen-bond donors (Lipinski definition) is 4. The van der Waals surface area contributed by atoms with Gasteiger partial charge in [0.05, 0.1) is 17.7 Å². The first-order valence-electron chi connectivity index (χ1n) is 8.19. The fourth-order valence-corrected chi connectivity index (χ4v) is 3.35. The maximum absolute atomic E-state index is 12.1. The van der Waals surface area contributed by atoms with E-state index in [-0.39, 0.29) is 17.4 Å². The van der Waals surface area contributed by atoms with Crippen molar-refractivity contribution in [3.8, 4) is 5.75 Å². The Balaban J connectivity index is 1.49. The van der Waals surface area contributed by atoms with Crippen LogP contribution in [0.2, 0.25) is 0 Å². The Kier molecular flexibility index (Phi) is 6.66. The van der Waals surface area contributed by atoms with Crippen molar-refractivity contribution in [3.05, 3.63) is 58.1 Å². The summed E-state index contributed by atoms with van der Waals surface area (Å²) in [6, 6.07) is 12.5. The number of carbonyl (C=O) groups excluding carboxylic acids is 1. The smallest absolute Gasteiger partial charge is 0.240 e. The molecule has 1 amide bonds. The van der Waals surface area contributed by atoms with Gasteiger partial charge < -0.3 is 10.4 Å². The van der Waals surface area contributed by atoms with Crippen LogP contribution in [0.4, 0.5) is 11.6 Å². The van der Waals surface area contributed by atoms with Gasteiger partial charge in [-0.3, -0.25) is 4.79 Å². The minimum absolute atomic E-state index is 0.132. The van der Waals surface area contributed by atoms with Crippen molar-refractivity contribution in [2.45, 2.75) is 12.1 Å². The average molecular weight is 461 g/mol. The molecule has 0 saturated heterocycles. The second-order valence-electron chi connectivity index (χ2n) is 5.72. The standard InChI is InChI=1S/C18H17BrN6O2S/c1-11-6-7-14(13(19)8-11)21-16(27)10-28-18-22-17(24-25-18)23-20-9-12-4-2-3-5-15(12)26/h2-9,26H,10H2,1H3,(H,21,27)(H2,22,23,24,25)/b20-9+. The fraction of sp³-hybridized carbons (Fsp3) is 0.111. The van der Waals surface area contributed by atoms with Crippen LogP contribution in [0.3, 0.4) is 0 Å². The van der Waals surface area contributed by atoms with Crippen molar-refractivity contribution in [2.24, 2.45) is 5.10 Å². The number of thioether (sulfide) groups is 1. The molecule has 0 aliphatic carbocycles. The number of aromatic hydroxyl groups is 1. The first-order chi connectivity index (χ1) is 13.5. The predicted octanol–water partition coefficient (Wildman–Crippen LogP) is 3.76. The molecule has 0 radical (unpaired) electrons. The van der Waals surface area contributed by atoms with Gasteiger partial charge >= 0.3 is 0 Å². The first kappa shape index (κ1) is 19.9. The van der Waals surface area contributed by atoms with E-state index in [0.717, 1.165) is 10.0 Å². The van der Waals surface area contributed by atoms with Crippen molar-refractivity contribution in [2.75, 3.05) is 16.5 Å². The van der Waals surface area contributed by atoms with Crippen LogP contribution in [0.15, 0.2) is 57.2 Å². The van der Waals surface area contributed by atoms with Crippen molar-refractivity contribution in [1.82, 2.24) is 15.2 Å². The number of aryl methyl sites for hydroxylation is 1. The van der Waals surface area contributed by atoms with Crippen molar-refractivity contribution >= 4 is 51.4 Å². The van der Waals surface area contributed by atoms with E-state index in [1.165, 1.54) is 18.0 Å². The number of phenolic OH excluding ortho intramolecular Hbond substituents is 1. The summed E-state index contributed by atoms with van der Waals surface area (Å²) >= 11 is 4.63. The summed E-state index contributed by atoms with van der Waals surface area (Å²) in [6.07, 6.45) is 1.47. The molecule has 0 unspecified atom stereocenters. The number of hydrogen-bond acceptors (Lipinski definition) is 7. The average Bonchev–Trinajstić information content (AvgIpc) is 3.12. The number of hydrazone groups is 1. The van der Waals surface area contributed by atoms with Gasteiger partial charge in [-0.2, -0.15) is 10.1 Å². The summed E-state index contributed by atoms with van der Waals surface area (Å²) in [7, 11) is 0. The summed E-state index contributed by atoms with van der Waals surface area (Å²) in [6.45, 7) is 1.98. The zero-order valence-electron chi connectivity index (χ0n) is 14.8. The number of nitrogens with zero attached hydrogens (tertiary/aromatic N) is 3. The maximum Gasteiger partial charge on any atom is 0.240 e. The largest absolute Gasteiger partial charge is 0.507 e. The number of phenols is 1. The Hall–Kier alpha value is -2.85. The highest BCUT2D eigenvalue weighted by Crippen LogP contribution is 2.24. The lowest BCUT2D eigenvalue weighted by molar-refractivity contribution is -0.113. The monoisotopic (exact) mass is 460 g/mol. The third kappa shape index (κ3) is 5.57. The number of halogens is 1. The molecule has 0 spiro atoms. The van der Waals surface area contributed by atoms with Crippen LogP contribution in [0.25, 0.3) is 0 Å². The molecule has 3 aromatic rings. The fourth-order valence-electron chi connectivity index (χ4n) is 2.16. The predicted molar refractivity (Wildman–Crippen MR) is 114 cm³/mol. The molecule has 2 aromatic carbocycles. The van der Waals surface area contributed by atoms with E-state index >= 15 is 0 Å². The molecule has 0 aliphatic rings. The number of amides is 1. The number of H-pyrrole nitrogens is 1. The lowest BCUT2D eigenvalue weighted by atomic mass is 10.2. The zero-order chi connectivity index (χ0) is 19.9. The second kappa shape index (κ2) is 9.38. The van der Waals surface area contributed by atoms with Crippen molar-refractivity contribution in [1.29, 1.82) is 0 Å². The van der Waals surface area contributed by atoms with Gasteiger partial charge in [0.15, 0.2) is 0 Å². The number of rotatable bonds is 7. The second-order valence-corrected chi connectivity index (χ2v) is 7.51. The normalized spacial score (nSPS) is 10.9. The summed E-state index contributed by atoms with van der Waals surface area (Å²) in [5.74, 6) is 0.467. The first-order valence-corrected chi connectivity index (χ1v) is 9.97. The molecule has 144 valence electrons. The summed E-state index contributed by atoms with van der Waals surface area (Å²) in [4.78, 5) is 16.3. The lowest BCUT2D eigenvalue weighted by Crippen LogP contribution is -2.14. The minimum atomic E-state index is -0.161. The Morgan fingerprint density at radius 1 is 1.36 bits per heavy atom. The van der Waals surface area contributed by atoms with Gasteiger partial charge in [-0.25, -0.2) is 10.5 Å². The van der Waals surface area contributed by atoms with Crippen LogP contribution < -0.4 is 10.7 Å². The Morgan fingerprint density at radius 2 is 2.18 bits per heavy atom. The van der Waals surface area contributed by atoms with Gasteiger partial charge in [-0.05, 0) is 52.7 Å². The van der Waals surface area contributed by atoms with Crippen molar-refractivity contribution < 1.29 is 9.90 Å².